The van der Waals surface area contributed by atoms with Crippen LogP contribution in [0.1, 0.15) is 47.5 Å². The summed E-state index contributed by atoms with van der Waals surface area (Å²) in [5.74, 6) is -0.906. The minimum Gasteiger partial charge on any atom is -0.468 e. The number of methoxy groups -OCH3 is 2. The molecule has 2 heterocycles. The molecule has 1 aliphatic carbocycles. The number of esters is 2. The molecule has 0 radical (unpaired) electrons. The highest BCUT2D eigenvalue weighted by Crippen LogP contribution is 2.36. The van der Waals surface area contributed by atoms with Crippen molar-refractivity contribution < 1.29 is 23.9 Å². The SMILES string of the molecule is COC(=O)CN(C)Cc1ccc2c(NC(=O)C3CCCCC3)c(C(=O)OC)sc2n1. The summed E-state index contributed by atoms with van der Waals surface area (Å²) in [5.41, 5.74) is 1.22. The maximum absolute atomic E-state index is 12.8. The zero-order valence-electron chi connectivity index (χ0n) is 17.5. The Labute approximate surface area is 179 Å². The van der Waals surface area contributed by atoms with Crippen LogP contribution in [-0.4, -0.2) is 55.5 Å². The largest absolute Gasteiger partial charge is 0.468 e. The highest BCUT2D eigenvalue weighted by molar-refractivity contribution is 7.21. The number of ether oxygens (including phenoxy) is 2. The standard InChI is InChI=1S/C21H27N3O5S/c1-24(12-16(25)28-2)11-14-9-10-15-17(18(21(27)29-3)30-20(15)22-14)23-19(26)13-7-5-4-6-8-13/h9-10,13H,4-8,11-12H2,1-3H3,(H,23,26). The van der Waals surface area contributed by atoms with Crippen LogP contribution >= 0.6 is 11.3 Å². The Balaban J connectivity index is 1.86. The molecule has 1 N–H and O–H groups in total. The summed E-state index contributed by atoms with van der Waals surface area (Å²) < 4.78 is 9.60. The van der Waals surface area contributed by atoms with Crippen LogP contribution in [0.3, 0.4) is 0 Å². The van der Waals surface area contributed by atoms with E-state index in [2.05, 4.69) is 15.0 Å². The Hall–Kier alpha value is -2.52. The molecule has 0 atom stereocenters. The Morgan fingerprint density at radius 2 is 1.90 bits per heavy atom. The monoisotopic (exact) mass is 433 g/mol. The summed E-state index contributed by atoms with van der Waals surface area (Å²) >= 11 is 1.19. The Morgan fingerprint density at radius 1 is 1.17 bits per heavy atom. The van der Waals surface area contributed by atoms with Gasteiger partial charge in [0.2, 0.25) is 5.91 Å². The molecule has 3 rings (SSSR count). The van der Waals surface area contributed by atoms with Crippen molar-refractivity contribution >= 4 is 45.1 Å². The zero-order valence-corrected chi connectivity index (χ0v) is 18.3. The third-order valence-corrected chi connectivity index (χ3v) is 6.35. The average molecular weight is 434 g/mol. The van der Waals surface area contributed by atoms with Crippen LogP contribution in [0.2, 0.25) is 0 Å². The fourth-order valence-corrected chi connectivity index (χ4v) is 4.74. The van der Waals surface area contributed by atoms with Crippen molar-refractivity contribution in [3.05, 3.63) is 22.7 Å². The van der Waals surface area contributed by atoms with Crippen LogP contribution in [0.25, 0.3) is 10.2 Å². The van der Waals surface area contributed by atoms with Crippen molar-refractivity contribution in [2.75, 3.05) is 33.1 Å². The maximum atomic E-state index is 12.8. The molecule has 30 heavy (non-hydrogen) atoms. The van der Waals surface area contributed by atoms with Crippen LogP contribution in [0.4, 0.5) is 5.69 Å². The van der Waals surface area contributed by atoms with Gasteiger partial charge >= 0.3 is 11.9 Å². The summed E-state index contributed by atoms with van der Waals surface area (Å²) in [6.45, 7) is 0.594. The van der Waals surface area contributed by atoms with Gasteiger partial charge in [-0.05, 0) is 32.0 Å². The molecule has 0 bridgehead atoms. The summed E-state index contributed by atoms with van der Waals surface area (Å²) in [6.07, 6.45) is 5.01. The molecule has 1 aliphatic rings. The van der Waals surface area contributed by atoms with Gasteiger partial charge < -0.3 is 14.8 Å². The number of rotatable bonds is 7. The van der Waals surface area contributed by atoms with E-state index in [1.165, 1.54) is 25.6 Å². The second-order valence-corrected chi connectivity index (χ2v) is 8.52. The second-order valence-electron chi connectivity index (χ2n) is 7.53. The molecule has 1 saturated carbocycles. The van der Waals surface area contributed by atoms with E-state index < -0.39 is 5.97 Å². The van der Waals surface area contributed by atoms with Crippen LogP contribution in [-0.2, 0) is 25.6 Å². The number of thiophene rings is 1. The van der Waals surface area contributed by atoms with Crippen LogP contribution in [0.5, 0.6) is 0 Å². The number of anilines is 1. The molecule has 0 saturated heterocycles. The number of carbonyl (C=O) groups excluding carboxylic acids is 3. The van der Waals surface area contributed by atoms with E-state index in [1.807, 2.05) is 12.1 Å². The average Bonchev–Trinajstić information content (AvgIpc) is 3.11. The molecule has 9 heteroatoms. The Kier molecular flexibility index (Phi) is 7.38. The number of nitrogens with zero attached hydrogens (tertiary/aromatic N) is 2. The van der Waals surface area contributed by atoms with Gasteiger partial charge in [-0.1, -0.05) is 19.3 Å². The van der Waals surface area contributed by atoms with Gasteiger partial charge in [0, 0.05) is 17.8 Å². The van der Waals surface area contributed by atoms with Crippen LogP contribution < -0.4 is 5.32 Å². The lowest BCUT2D eigenvalue weighted by molar-refractivity contribution is -0.141. The van der Waals surface area contributed by atoms with Gasteiger partial charge in [-0.3, -0.25) is 14.5 Å². The molecular formula is C21H27N3O5S. The minimum absolute atomic E-state index is 0.0293. The molecule has 1 fully saturated rings. The maximum Gasteiger partial charge on any atom is 0.350 e. The van der Waals surface area contributed by atoms with E-state index in [1.54, 1.807) is 11.9 Å². The molecule has 8 nitrogen and oxygen atoms in total. The van der Waals surface area contributed by atoms with E-state index in [0.717, 1.165) is 37.8 Å². The number of amides is 1. The first kappa shape index (κ1) is 22.2. The molecule has 1 amide bonds. The lowest BCUT2D eigenvalue weighted by atomic mass is 9.88. The van der Waals surface area contributed by atoms with Gasteiger partial charge in [-0.25, -0.2) is 9.78 Å². The smallest absolute Gasteiger partial charge is 0.350 e. The van der Waals surface area contributed by atoms with E-state index in [9.17, 15) is 14.4 Å². The molecule has 2 aromatic heterocycles. The quantitative estimate of drug-likeness (QED) is 0.670. The van der Waals surface area contributed by atoms with Crippen LogP contribution in [0, 0.1) is 5.92 Å². The van der Waals surface area contributed by atoms with E-state index >= 15 is 0 Å². The number of pyridine rings is 1. The highest BCUT2D eigenvalue weighted by atomic mass is 32.1. The second kappa shape index (κ2) is 9.99. The van der Waals surface area contributed by atoms with Gasteiger partial charge in [0.25, 0.3) is 0 Å². The zero-order chi connectivity index (χ0) is 21.7. The van der Waals surface area contributed by atoms with Gasteiger partial charge in [-0.15, -0.1) is 11.3 Å². The fourth-order valence-electron chi connectivity index (χ4n) is 3.67. The summed E-state index contributed by atoms with van der Waals surface area (Å²) in [7, 11) is 4.47. The number of likely N-dealkylation sites (N-methyl/N-ethyl adjacent to an activating group) is 1. The minimum atomic E-state index is -0.499. The van der Waals surface area contributed by atoms with E-state index in [-0.39, 0.29) is 24.3 Å². The first-order valence-corrected chi connectivity index (χ1v) is 10.8. The van der Waals surface area contributed by atoms with Crippen molar-refractivity contribution in [1.82, 2.24) is 9.88 Å². The highest BCUT2D eigenvalue weighted by Gasteiger charge is 2.26. The summed E-state index contributed by atoms with van der Waals surface area (Å²) in [5, 5.41) is 3.68. The van der Waals surface area contributed by atoms with Crippen molar-refractivity contribution in [3.8, 4) is 0 Å². The molecule has 0 spiro atoms. The molecule has 2 aromatic rings. The third-order valence-electron chi connectivity index (χ3n) is 5.27. The Bertz CT molecular complexity index is 936. The Morgan fingerprint density at radius 3 is 2.57 bits per heavy atom. The topological polar surface area (TPSA) is 97.8 Å². The lowest BCUT2D eigenvalue weighted by Crippen LogP contribution is -2.26. The summed E-state index contributed by atoms with van der Waals surface area (Å²) in [4.78, 5) is 44.0. The van der Waals surface area contributed by atoms with Crippen molar-refractivity contribution in [1.29, 1.82) is 0 Å². The van der Waals surface area contributed by atoms with Crippen molar-refractivity contribution in [2.24, 2.45) is 5.92 Å². The predicted octanol–water partition coefficient (Wildman–Crippen LogP) is 3.21. The van der Waals surface area contributed by atoms with Crippen LogP contribution in [0.15, 0.2) is 12.1 Å². The predicted molar refractivity (Wildman–Crippen MR) is 115 cm³/mol. The molecule has 162 valence electrons. The molecular weight excluding hydrogens is 406 g/mol. The normalized spacial score (nSPS) is 14.7. The lowest BCUT2D eigenvalue weighted by Gasteiger charge is -2.20. The number of hydrogen-bond acceptors (Lipinski definition) is 8. The van der Waals surface area contributed by atoms with Gasteiger partial charge in [0.1, 0.15) is 9.71 Å². The number of carbonyl (C=O) groups is 3. The number of nitrogens with one attached hydrogen (secondary N) is 1. The summed E-state index contributed by atoms with van der Waals surface area (Å²) in [6, 6.07) is 3.68. The molecule has 0 aromatic carbocycles. The first-order valence-electron chi connectivity index (χ1n) is 10.00. The van der Waals surface area contributed by atoms with Gasteiger partial charge in [-0.2, -0.15) is 0 Å². The number of fused-ring (bicyclic) bond motifs is 1. The van der Waals surface area contributed by atoms with Gasteiger partial charge in [0.05, 0.1) is 32.1 Å². The van der Waals surface area contributed by atoms with E-state index in [4.69, 9.17) is 4.74 Å². The number of hydrogen-bond donors (Lipinski definition) is 1. The molecule has 0 unspecified atom stereocenters. The van der Waals surface area contributed by atoms with Gasteiger partial charge in [0.15, 0.2) is 0 Å². The van der Waals surface area contributed by atoms with E-state index in [0.29, 0.717) is 27.3 Å². The van der Waals surface area contributed by atoms with Crippen molar-refractivity contribution in [2.45, 2.75) is 38.6 Å². The third kappa shape index (κ3) is 5.14. The first-order chi connectivity index (χ1) is 14.4. The molecule has 0 aliphatic heterocycles. The number of aromatic nitrogens is 1. The fraction of sp³-hybridized carbons (Fsp3) is 0.524. The van der Waals surface area contributed by atoms with Crippen molar-refractivity contribution in [3.63, 3.8) is 0 Å².